The van der Waals surface area contributed by atoms with Gasteiger partial charge in [-0.05, 0) is 24.1 Å². The summed E-state index contributed by atoms with van der Waals surface area (Å²) in [5.74, 6) is -0.273. The van der Waals surface area contributed by atoms with Crippen LogP contribution in [0.2, 0.25) is 10.0 Å². The average molecular weight is 410 g/mol. The smallest absolute Gasteiger partial charge is 0.332 e. The van der Waals surface area contributed by atoms with E-state index < -0.39 is 11.2 Å². The summed E-state index contributed by atoms with van der Waals surface area (Å²) in [7, 11) is 2.91. The summed E-state index contributed by atoms with van der Waals surface area (Å²) < 4.78 is 3.70. The predicted octanol–water partition coefficient (Wildman–Crippen LogP) is 1.10. The van der Waals surface area contributed by atoms with Crippen molar-refractivity contribution in [1.29, 1.82) is 0 Å². The van der Waals surface area contributed by atoms with Crippen LogP contribution in [-0.4, -0.2) is 31.1 Å². The van der Waals surface area contributed by atoms with E-state index in [9.17, 15) is 14.4 Å². The van der Waals surface area contributed by atoms with Crippen LogP contribution in [0.3, 0.4) is 0 Å². The molecule has 27 heavy (non-hydrogen) atoms. The van der Waals surface area contributed by atoms with Gasteiger partial charge in [-0.15, -0.1) is 0 Å². The summed E-state index contributed by atoms with van der Waals surface area (Å²) in [6.07, 6.45) is 1.97. The third-order valence-corrected chi connectivity index (χ3v) is 4.99. The van der Waals surface area contributed by atoms with Gasteiger partial charge < -0.3 is 9.88 Å². The van der Waals surface area contributed by atoms with Crippen LogP contribution in [0.4, 0.5) is 0 Å². The number of hydrogen-bond donors (Lipinski definition) is 1. The lowest BCUT2D eigenvalue weighted by molar-refractivity contribution is -0.121. The quantitative estimate of drug-likeness (QED) is 0.682. The van der Waals surface area contributed by atoms with E-state index in [0.717, 1.165) is 10.1 Å². The van der Waals surface area contributed by atoms with Crippen molar-refractivity contribution >= 4 is 40.3 Å². The van der Waals surface area contributed by atoms with Gasteiger partial charge in [0.25, 0.3) is 5.56 Å². The Morgan fingerprint density at radius 3 is 2.59 bits per heavy atom. The fourth-order valence-electron chi connectivity index (χ4n) is 2.77. The molecule has 0 saturated carbocycles. The Balaban J connectivity index is 1.70. The molecule has 10 heteroatoms. The number of aromatic nitrogens is 4. The highest BCUT2D eigenvalue weighted by molar-refractivity contribution is 6.42. The molecule has 0 unspecified atom stereocenters. The minimum Gasteiger partial charge on any atom is -0.354 e. The number of amides is 1. The van der Waals surface area contributed by atoms with E-state index in [0.29, 0.717) is 23.0 Å². The lowest BCUT2D eigenvalue weighted by atomic mass is 10.1. The monoisotopic (exact) mass is 409 g/mol. The lowest BCUT2D eigenvalue weighted by Gasteiger charge is -2.08. The largest absolute Gasteiger partial charge is 0.354 e. The van der Waals surface area contributed by atoms with Crippen LogP contribution in [0.5, 0.6) is 0 Å². The standard InChI is InChI=1S/C17H17Cl2N5O3/c1-22-15-14(16(26)23(2)17(22)27)24(9-21-15)8-13(25)20-6-5-10-3-4-11(18)12(19)7-10/h3-4,7,9H,5-6,8H2,1-2H3,(H,20,25). The molecule has 1 N–H and O–H groups in total. The Kier molecular flexibility index (Phi) is 5.38. The van der Waals surface area contributed by atoms with Gasteiger partial charge in [0.05, 0.1) is 16.4 Å². The molecule has 0 aliphatic carbocycles. The molecule has 8 nitrogen and oxygen atoms in total. The van der Waals surface area contributed by atoms with Crippen molar-refractivity contribution in [3.8, 4) is 0 Å². The number of nitrogens with zero attached hydrogens (tertiary/aromatic N) is 4. The average Bonchev–Trinajstić information content (AvgIpc) is 3.04. The molecular formula is C17H17Cl2N5O3. The number of rotatable bonds is 5. The van der Waals surface area contributed by atoms with E-state index in [1.165, 1.54) is 29.6 Å². The Hall–Kier alpha value is -2.58. The first-order chi connectivity index (χ1) is 12.8. The molecule has 1 aromatic carbocycles. The molecule has 1 amide bonds. The third kappa shape index (κ3) is 3.77. The molecule has 2 heterocycles. The summed E-state index contributed by atoms with van der Waals surface area (Å²) in [4.78, 5) is 40.6. The van der Waals surface area contributed by atoms with E-state index >= 15 is 0 Å². The molecule has 0 saturated heterocycles. The molecule has 3 rings (SSSR count). The van der Waals surface area contributed by atoms with E-state index in [1.54, 1.807) is 12.1 Å². The number of benzene rings is 1. The van der Waals surface area contributed by atoms with Gasteiger partial charge in [0.2, 0.25) is 5.91 Å². The van der Waals surface area contributed by atoms with Gasteiger partial charge in [-0.2, -0.15) is 0 Å². The van der Waals surface area contributed by atoms with Crippen molar-refractivity contribution in [3.05, 3.63) is 61.0 Å². The van der Waals surface area contributed by atoms with Crippen LogP contribution < -0.4 is 16.6 Å². The summed E-state index contributed by atoms with van der Waals surface area (Å²) in [6, 6.07) is 5.30. The van der Waals surface area contributed by atoms with Crippen molar-refractivity contribution in [3.63, 3.8) is 0 Å². The zero-order valence-corrected chi connectivity index (χ0v) is 16.2. The first-order valence-corrected chi connectivity index (χ1v) is 8.86. The minimum atomic E-state index is -0.491. The Bertz CT molecular complexity index is 1150. The topological polar surface area (TPSA) is 90.9 Å². The molecule has 0 aliphatic rings. The highest BCUT2D eigenvalue weighted by Crippen LogP contribution is 2.22. The maximum Gasteiger partial charge on any atom is 0.332 e. The number of hydrogen-bond acceptors (Lipinski definition) is 4. The van der Waals surface area contributed by atoms with Crippen LogP contribution in [0.15, 0.2) is 34.1 Å². The first-order valence-electron chi connectivity index (χ1n) is 8.11. The summed E-state index contributed by atoms with van der Waals surface area (Å²) in [5.41, 5.74) is 0.436. The van der Waals surface area contributed by atoms with Crippen molar-refractivity contribution < 1.29 is 4.79 Å². The Morgan fingerprint density at radius 1 is 1.15 bits per heavy atom. The molecule has 0 fully saturated rings. The van der Waals surface area contributed by atoms with Crippen LogP contribution >= 0.6 is 23.2 Å². The molecule has 0 spiro atoms. The van der Waals surface area contributed by atoms with Crippen LogP contribution in [0.1, 0.15) is 5.56 Å². The summed E-state index contributed by atoms with van der Waals surface area (Å²) in [5, 5.41) is 3.73. The fourth-order valence-corrected chi connectivity index (χ4v) is 3.09. The maximum atomic E-state index is 12.4. The molecule has 0 radical (unpaired) electrons. The maximum absolute atomic E-state index is 12.4. The second kappa shape index (κ2) is 7.58. The van der Waals surface area contributed by atoms with Crippen LogP contribution in [-0.2, 0) is 31.9 Å². The third-order valence-electron chi connectivity index (χ3n) is 4.25. The van der Waals surface area contributed by atoms with Gasteiger partial charge in [-0.1, -0.05) is 29.3 Å². The number of nitrogens with one attached hydrogen (secondary N) is 1. The zero-order valence-electron chi connectivity index (χ0n) is 14.7. The second-order valence-electron chi connectivity index (χ2n) is 6.10. The van der Waals surface area contributed by atoms with E-state index in [-0.39, 0.29) is 23.6 Å². The van der Waals surface area contributed by atoms with Crippen molar-refractivity contribution in [1.82, 2.24) is 24.0 Å². The van der Waals surface area contributed by atoms with Crippen molar-refractivity contribution in [2.45, 2.75) is 13.0 Å². The molecule has 2 aromatic heterocycles. The SMILES string of the molecule is Cn1c(=O)c2c(ncn2CC(=O)NCCc2ccc(Cl)c(Cl)c2)n(C)c1=O. The van der Waals surface area contributed by atoms with Gasteiger partial charge in [0, 0.05) is 20.6 Å². The van der Waals surface area contributed by atoms with Gasteiger partial charge >= 0.3 is 5.69 Å². The molecule has 3 aromatic rings. The minimum absolute atomic E-state index is 0.0781. The zero-order chi connectivity index (χ0) is 19.7. The molecule has 142 valence electrons. The van der Waals surface area contributed by atoms with E-state index in [1.807, 2.05) is 6.07 Å². The van der Waals surface area contributed by atoms with E-state index in [2.05, 4.69) is 10.3 Å². The molecule has 0 bridgehead atoms. The summed E-state index contributed by atoms with van der Waals surface area (Å²) >= 11 is 11.8. The van der Waals surface area contributed by atoms with E-state index in [4.69, 9.17) is 23.2 Å². The van der Waals surface area contributed by atoms with Gasteiger partial charge in [0.15, 0.2) is 11.2 Å². The number of halogens is 2. The van der Waals surface area contributed by atoms with Gasteiger partial charge in [0.1, 0.15) is 6.54 Å². The molecule has 0 atom stereocenters. The van der Waals surface area contributed by atoms with Crippen molar-refractivity contribution in [2.24, 2.45) is 14.1 Å². The highest BCUT2D eigenvalue weighted by Gasteiger charge is 2.15. The number of aryl methyl sites for hydroxylation is 1. The number of carbonyl (C=O) groups is 1. The second-order valence-corrected chi connectivity index (χ2v) is 6.91. The Labute approximate surface area is 163 Å². The number of fused-ring (bicyclic) bond motifs is 1. The van der Waals surface area contributed by atoms with Gasteiger partial charge in [-0.3, -0.25) is 18.7 Å². The predicted molar refractivity (Wildman–Crippen MR) is 103 cm³/mol. The normalized spacial score (nSPS) is 11.1. The van der Waals surface area contributed by atoms with Gasteiger partial charge in [-0.25, -0.2) is 9.78 Å². The lowest BCUT2D eigenvalue weighted by Crippen LogP contribution is -2.38. The van der Waals surface area contributed by atoms with Crippen LogP contribution in [0.25, 0.3) is 11.2 Å². The number of imidazole rings is 1. The van der Waals surface area contributed by atoms with Crippen molar-refractivity contribution in [2.75, 3.05) is 6.54 Å². The fraction of sp³-hybridized carbons (Fsp3) is 0.294. The number of carbonyl (C=O) groups excluding carboxylic acids is 1. The van der Waals surface area contributed by atoms with Crippen LogP contribution in [0, 0.1) is 0 Å². The Morgan fingerprint density at radius 2 is 1.89 bits per heavy atom. The first kappa shape index (κ1) is 19.2. The molecule has 0 aliphatic heterocycles. The highest BCUT2D eigenvalue weighted by atomic mass is 35.5. The summed E-state index contributed by atoms with van der Waals surface area (Å²) in [6.45, 7) is 0.325. The molecular weight excluding hydrogens is 393 g/mol.